The molecular formula is C30H41N3S. The van der Waals surface area contributed by atoms with Gasteiger partial charge in [-0.05, 0) is 73.5 Å². The van der Waals surface area contributed by atoms with Crippen molar-refractivity contribution in [3.63, 3.8) is 0 Å². The lowest BCUT2D eigenvalue weighted by Gasteiger charge is -2.35. The highest BCUT2D eigenvalue weighted by molar-refractivity contribution is 7.10. The number of rotatable bonds is 7. The lowest BCUT2D eigenvalue weighted by atomic mass is 9.80. The molecule has 1 heterocycles. The molecule has 0 bridgehead atoms. The van der Waals surface area contributed by atoms with Gasteiger partial charge in [0.05, 0.1) is 11.9 Å². The predicted molar refractivity (Wildman–Crippen MR) is 156 cm³/mol. The Hall–Kier alpha value is -2.95. The van der Waals surface area contributed by atoms with E-state index in [9.17, 15) is 0 Å². The smallest absolute Gasteiger partial charge is 0.0794 e. The minimum atomic E-state index is -0.136. The van der Waals surface area contributed by atoms with Gasteiger partial charge in [-0.1, -0.05) is 67.7 Å². The largest absolute Gasteiger partial charge is 0.390 e. The van der Waals surface area contributed by atoms with Gasteiger partial charge < -0.3 is 11.1 Å². The quantitative estimate of drug-likeness (QED) is 0.188. The molecule has 1 aliphatic rings. The van der Waals surface area contributed by atoms with Crippen LogP contribution in [-0.4, -0.2) is 20.4 Å². The van der Waals surface area contributed by atoms with Crippen LogP contribution in [-0.2, 0) is 12.0 Å². The fourth-order valence-electron chi connectivity index (χ4n) is 3.62. The molecule has 0 fully saturated rings. The first-order valence-electron chi connectivity index (χ1n) is 11.5. The lowest BCUT2D eigenvalue weighted by molar-refractivity contribution is 0.343. The highest BCUT2D eigenvalue weighted by atomic mass is 32.1. The Bertz CT molecular complexity index is 1050. The first-order chi connectivity index (χ1) is 16.3. The van der Waals surface area contributed by atoms with E-state index in [0.29, 0.717) is 5.92 Å². The van der Waals surface area contributed by atoms with Crippen molar-refractivity contribution in [2.24, 2.45) is 10.7 Å². The summed E-state index contributed by atoms with van der Waals surface area (Å²) in [6, 6.07) is 9.23. The van der Waals surface area contributed by atoms with Gasteiger partial charge >= 0.3 is 0 Å². The van der Waals surface area contributed by atoms with E-state index in [1.165, 1.54) is 39.0 Å². The molecule has 0 saturated carbocycles. The van der Waals surface area contributed by atoms with E-state index < -0.39 is 0 Å². The molecule has 4 heteroatoms. The lowest BCUT2D eigenvalue weighted by Crippen LogP contribution is -2.41. The summed E-state index contributed by atoms with van der Waals surface area (Å²) in [4.78, 5) is 4.73. The van der Waals surface area contributed by atoms with Crippen LogP contribution in [0.2, 0.25) is 0 Å². The van der Waals surface area contributed by atoms with Crippen LogP contribution in [0.25, 0.3) is 11.6 Å². The van der Waals surface area contributed by atoms with Crippen molar-refractivity contribution in [2.75, 3.05) is 14.1 Å². The molecular weight excluding hydrogens is 434 g/mol. The molecule has 3 N–H and O–H groups in total. The van der Waals surface area contributed by atoms with Crippen LogP contribution in [0.1, 0.15) is 60.7 Å². The minimum absolute atomic E-state index is 0.136. The maximum atomic E-state index is 4.74. The Morgan fingerprint density at radius 1 is 1.26 bits per heavy atom. The molecule has 1 aromatic heterocycles. The summed E-state index contributed by atoms with van der Waals surface area (Å²) in [5, 5.41) is 5.83. The fourth-order valence-corrected chi connectivity index (χ4v) is 4.82. The molecule has 182 valence electrons. The highest BCUT2D eigenvalue weighted by Crippen LogP contribution is 2.41. The van der Waals surface area contributed by atoms with Crippen LogP contribution in [0.5, 0.6) is 0 Å². The van der Waals surface area contributed by atoms with E-state index >= 15 is 0 Å². The van der Waals surface area contributed by atoms with Crippen LogP contribution < -0.4 is 11.1 Å². The summed E-state index contributed by atoms with van der Waals surface area (Å²) in [6.07, 6.45) is 13.1. The summed E-state index contributed by atoms with van der Waals surface area (Å²) in [5.74, 6) is 0.345. The van der Waals surface area contributed by atoms with E-state index in [0.717, 1.165) is 12.0 Å². The Labute approximate surface area is 211 Å². The van der Waals surface area contributed by atoms with Gasteiger partial charge in [0.1, 0.15) is 0 Å². The van der Waals surface area contributed by atoms with E-state index in [2.05, 4.69) is 125 Å². The minimum Gasteiger partial charge on any atom is -0.390 e. The molecule has 0 spiro atoms. The number of thiophene rings is 1. The molecule has 3 nitrogen and oxygen atoms in total. The maximum absolute atomic E-state index is 4.74. The van der Waals surface area contributed by atoms with Crippen LogP contribution in [0.15, 0.2) is 84.3 Å². The normalized spacial score (nSPS) is 15.2. The Morgan fingerprint density at radius 3 is 2.53 bits per heavy atom. The molecule has 1 aromatic carbocycles. The number of nitrogens with two attached hydrogens (primary N) is 1. The third-order valence-electron chi connectivity index (χ3n) is 6.32. The van der Waals surface area contributed by atoms with Crippen LogP contribution in [0.4, 0.5) is 0 Å². The van der Waals surface area contributed by atoms with Crippen molar-refractivity contribution >= 4 is 29.3 Å². The summed E-state index contributed by atoms with van der Waals surface area (Å²) in [5.41, 5.74) is 12.3. The summed E-state index contributed by atoms with van der Waals surface area (Å²) in [7, 11) is 3.69. The number of likely N-dealkylation sites (N-methyl/N-ethyl adjacent to an activating group) is 1. The molecule has 2 atom stereocenters. The maximum Gasteiger partial charge on any atom is 0.0794 e. The number of benzene rings is 1. The molecule has 3 rings (SSSR count). The summed E-state index contributed by atoms with van der Waals surface area (Å²) >= 11 is 1.81. The number of allylic oxidation sites excluding steroid dienone is 6. The van der Waals surface area contributed by atoms with Gasteiger partial charge in [-0.15, -0.1) is 24.5 Å². The van der Waals surface area contributed by atoms with Gasteiger partial charge in [0.15, 0.2) is 0 Å². The van der Waals surface area contributed by atoms with E-state index in [1.807, 2.05) is 11.3 Å². The standard InChI is InChI=1S/C26H31NS.C2H6N2.C2H4/c1-7-18(2)11-12-19(3)24-16-25(28-17-24)26(5,27-6)20(4)22-14-13-21-9-8-10-23(21)15-22;1-4-2-3;1-2/h7-8,10-17,20,27H,3,9H2,1-2,4-6H3;2H,1H3,(H2,3,4);1-2H2/b12-11-,18-7-;;/t20?,26-;;/m0../s1. The van der Waals surface area contributed by atoms with Gasteiger partial charge in [0.2, 0.25) is 0 Å². The number of fused-ring (bicyclic) bond motifs is 1. The van der Waals surface area contributed by atoms with Crippen molar-refractivity contribution in [3.05, 3.63) is 106 Å². The SMILES string of the molecule is C=C.C=C(/C=C\C(C)=C/C)c1csc([C@@](C)(NC)C(C)c2ccc3c(c2)C=CC3)c1.CN=CN. The van der Waals surface area contributed by atoms with Crippen molar-refractivity contribution in [1.82, 2.24) is 5.32 Å². The second-order valence-corrected chi connectivity index (χ2v) is 9.15. The predicted octanol–water partition coefficient (Wildman–Crippen LogP) is 7.50. The zero-order chi connectivity index (χ0) is 25.7. The van der Waals surface area contributed by atoms with Gasteiger partial charge in [-0.2, -0.15) is 0 Å². The zero-order valence-electron chi connectivity index (χ0n) is 21.7. The summed E-state index contributed by atoms with van der Waals surface area (Å²) < 4.78 is 0. The molecule has 0 aliphatic heterocycles. The van der Waals surface area contributed by atoms with Crippen LogP contribution in [0, 0.1) is 0 Å². The van der Waals surface area contributed by atoms with Crippen molar-refractivity contribution in [2.45, 2.75) is 45.6 Å². The number of hydrogen-bond acceptors (Lipinski definition) is 3. The Kier molecular flexibility index (Phi) is 12.3. The first kappa shape index (κ1) is 29.1. The molecule has 0 radical (unpaired) electrons. The number of hydrogen-bond donors (Lipinski definition) is 2. The zero-order valence-corrected chi connectivity index (χ0v) is 22.5. The summed E-state index contributed by atoms with van der Waals surface area (Å²) in [6.45, 7) is 19.0. The topological polar surface area (TPSA) is 50.4 Å². The van der Waals surface area contributed by atoms with Gasteiger partial charge in [-0.3, -0.25) is 4.99 Å². The van der Waals surface area contributed by atoms with Gasteiger partial charge in [-0.25, -0.2) is 0 Å². The van der Waals surface area contributed by atoms with Crippen LogP contribution in [0.3, 0.4) is 0 Å². The van der Waals surface area contributed by atoms with E-state index in [-0.39, 0.29) is 5.54 Å². The fraction of sp³-hybridized carbons (Fsp3) is 0.300. The molecule has 0 saturated heterocycles. The second kappa shape index (κ2) is 14.3. The van der Waals surface area contributed by atoms with Crippen LogP contribution >= 0.6 is 11.3 Å². The third-order valence-corrected chi connectivity index (χ3v) is 7.49. The number of nitrogens with zero attached hydrogens (tertiary/aromatic N) is 1. The monoisotopic (exact) mass is 475 g/mol. The Balaban J connectivity index is 0.000000872. The third kappa shape index (κ3) is 7.28. The molecule has 2 aromatic rings. The molecule has 1 unspecified atom stereocenters. The van der Waals surface area contributed by atoms with E-state index in [1.54, 1.807) is 7.05 Å². The Morgan fingerprint density at radius 2 is 1.94 bits per heavy atom. The average Bonchev–Trinajstić information content (AvgIpc) is 3.57. The van der Waals surface area contributed by atoms with Gasteiger partial charge in [0.25, 0.3) is 0 Å². The number of nitrogens with one attached hydrogen (secondary N) is 1. The first-order valence-corrected chi connectivity index (χ1v) is 12.4. The highest BCUT2D eigenvalue weighted by Gasteiger charge is 2.34. The molecule has 1 aliphatic carbocycles. The van der Waals surface area contributed by atoms with Crippen molar-refractivity contribution in [3.8, 4) is 0 Å². The second-order valence-electron chi connectivity index (χ2n) is 8.24. The van der Waals surface area contributed by atoms with Gasteiger partial charge in [0, 0.05) is 17.8 Å². The molecule has 0 amide bonds. The number of aliphatic imine (C=N–C) groups is 1. The van der Waals surface area contributed by atoms with Crippen molar-refractivity contribution in [1.29, 1.82) is 0 Å². The average molecular weight is 476 g/mol. The van der Waals surface area contributed by atoms with Crippen molar-refractivity contribution < 1.29 is 0 Å². The molecule has 34 heavy (non-hydrogen) atoms. The van der Waals surface area contributed by atoms with E-state index in [4.69, 9.17) is 5.73 Å².